The van der Waals surface area contributed by atoms with Gasteiger partial charge < -0.3 is 9.30 Å². The smallest absolute Gasteiger partial charge is 0.255 e. The summed E-state index contributed by atoms with van der Waals surface area (Å²) < 4.78 is 16.2. The van der Waals surface area contributed by atoms with E-state index < -0.39 is 0 Å². The van der Waals surface area contributed by atoms with Crippen LogP contribution < -0.4 is 0 Å². The van der Waals surface area contributed by atoms with E-state index in [1.54, 1.807) is 11.0 Å². The molecule has 5 nitrogen and oxygen atoms in total. The summed E-state index contributed by atoms with van der Waals surface area (Å²) in [4.78, 5) is 21.4. The number of carbonyl (C=O) groups is 1. The highest BCUT2D eigenvalue weighted by Gasteiger charge is 2.24. The molecule has 8 heteroatoms. The summed E-state index contributed by atoms with van der Waals surface area (Å²) in [6.07, 6.45) is 3.82. The molecule has 1 fully saturated rings. The molecular weight excluding hydrogens is 482 g/mol. The molecule has 0 unspecified atom stereocenters. The maximum atomic E-state index is 13.5. The number of imidazole rings is 1. The molecule has 1 aliphatic rings. The topological polar surface area (TPSA) is 40.9 Å². The zero-order valence-electron chi connectivity index (χ0n) is 14.4. The van der Waals surface area contributed by atoms with E-state index in [1.807, 2.05) is 28.9 Å². The van der Waals surface area contributed by atoms with Crippen LogP contribution in [0.4, 0.5) is 4.39 Å². The fourth-order valence-corrected chi connectivity index (χ4v) is 4.00. The third kappa shape index (κ3) is 4.09. The van der Waals surface area contributed by atoms with E-state index in [0.29, 0.717) is 23.7 Å². The van der Waals surface area contributed by atoms with Crippen molar-refractivity contribution in [1.82, 2.24) is 19.2 Å². The van der Waals surface area contributed by atoms with Crippen LogP contribution in [0.25, 0.3) is 5.65 Å². The molecule has 1 saturated heterocycles. The normalized spacial score (nSPS) is 15.4. The van der Waals surface area contributed by atoms with E-state index in [4.69, 9.17) is 11.6 Å². The Morgan fingerprint density at radius 2 is 1.93 bits per heavy atom. The van der Waals surface area contributed by atoms with Crippen LogP contribution in [0, 0.1) is 9.39 Å². The Labute approximate surface area is 174 Å². The molecule has 1 amide bonds. The van der Waals surface area contributed by atoms with E-state index in [0.717, 1.165) is 34.5 Å². The van der Waals surface area contributed by atoms with Gasteiger partial charge in [-0.25, -0.2) is 9.37 Å². The molecule has 0 saturated carbocycles. The summed E-state index contributed by atoms with van der Waals surface area (Å²) in [6, 6.07) is 8.04. The molecule has 0 aliphatic carbocycles. The van der Waals surface area contributed by atoms with Gasteiger partial charge in [0.05, 0.1) is 16.3 Å². The fourth-order valence-electron chi connectivity index (χ4n) is 3.26. The molecule has 27 heavy (non-hydrogen) atoms. The second kappa shape index (κ2) is 7.73. The Balaban J connectivity index is 1.39. The minimum absolute atomic E-state index is 0.110. The lowest BCUT2D eigenvalue weighted by atomic mass is 10.1. The maximum absolute atomic E-state index is 13.5. The number of pyridine rings is 1. The lowest BCUT2D eigenvalue weighted by molar-refractivity contribution is 0.0625. The summed E-state index contributed by atoms with van der Waals surface area (Å²) in [5, 5.41) is 0.672. The number of piperazine rings is 1. The molecule has 140 valence electrons. The van der Waals surface area contributed by atoms with Crippen LogP contribution in [0.15, 0.2) is 42.7 Å². The van der Waals surface area contributed by atoms with Crippen LogP contribution in [-0.4, -0.2) is 51.3 Å². The summed E-state index contributed by atoms with van der Waals surface area (Å²) >= 11 is 8.09. The zero-order valence-corrected chi connectivity index (χ0v) is 17.3. The van der Waals surface area contributed by atoms with Crippen LogP contribution in [0.1, 0.15) is 16.1 Å². The Morgan fingerprint density at radius 3 is 2.70 bits per heavy atom. The molecule has 1 aromatic carbocycles. The minimum Gasteiger partial charge on any atom is -0.336 e. The Morgan fingerprint density at radius 1 is 1.15 bits per heavy atom. The van der Waals surface area contributed by atoms with Crippen molar-refractivity contribution >= 4 is 45.7 Å². The maximum Gasteiger partial charge on any atom is 0.255 e. The van der Waals surface area contributed by atoms with Gasteiger partial charge >= 0.3 is 0 Å². The van der Waals surface area contributed by atoms with E-state index in [2.05, 4.69) is 32.5 Å². The molecule has 4 rings (SSSR count). The molecular formula is C19H17ClFIN4O. The van der Waals surface area contributed by atoms with E-state index in [1.165, 1.54) is 12.1 Å². The van der Waals surface area contributed by atoms with Crippen LogP contribution >= 0.6 is 34.2 Å². The first kappa shape index (κ1) is 18.6. The number of rotatable bonds is 3. The number of benzene rings is 1. The molecule has 0 bridgehead atoms. The van der Waals surface area contributed by atoms with Crippen molar-refractivity contribution in [2.75, 3.05) is 26.2 Å². The lowest BCUT2D eigenvalue weighted by Gasteiger charge is -2.34. The SMILES string of the molecule is O=C(c1cc(F)ccc1I)N1CCN(Cc2cn3cc(Cl)ccc3n2)CC1. The summed E-state index contributed by atoms with van der Waals surface area (Å²) in [5.41, 5.74) is 2.27. The molecule has 3 aromatic rings. The number of carbonyl (C=O) groups excluding carboxylic acids is 1. The van der Waals surface area contributed by atoms with Crippen molar-refractivity contribution in [3.8, 4) is 0 Å². The van der Waals surface area contributed by atoms with Gasteiger partial charge in [-0.1, -0.05) is 11.6 Å². The second-order valence-electron chi connectivity index (χ2n) is 6.54. The molecule has 0 N–H and O–H groups in total. The Bertz CT molecular complexity index is 1000. The zero-order chi connectivity index (χ0) is 19.0. The van der Waals surface area contributed by atoms with Gasteiger partial charge in [0.2, 0.25) is 0 Å². The predicted octanol–water partition coefficient (Wildman–Crippen LogP) is 3.69. The first-order chi connectivity index (χ1) is 13.0. The Hall–Kier alpha value is -1.71. The first-order valence-corrected chi connectivity index (χ1v) is 10.0. The monoisotopic (exact) mass is 498 g/mol. The molecule has 3 heterocycles. The van der Waals surface area contributed by atoms with Crippen LogP contribution in [0.3, 0.4) is 0 Å². The molecule has 0 atom stereocenters. The average Bonchev–Trinajstić information content (AvgIpc) is 3.05. The predicted molar refractivity (Wildman–Crippen MR) is 110 cm³/mol. The van der Waals surface area contributed by atoms with Gasteiger partial charge in [-0.05, 0) is 52.9 Å². The highest BCUT2D eigenvalue weighted by atomic mass is 127. The van der Waals surface area contributed by atoms with Crippen LogP contribution in [0.2, 0.25) is 5.02 Å². The van der Waals surface area contributed by atoms with Crippen LogP contribution in [-0.2, 0) is 6.54 Å². The van der Waals surface area contributed by atoms with Crippen molar-refractivity contribution < 1.29 is 9.18 Å². The standard InChI is InChI=1S/C19H17ClFIN4O/c20-13-1-4-18-23-15(12-26(18)10-13)11-24-5-7-25(8-6-24)19(27)16-9-14(21)2-3-17(16)22/h1-4,9-10,12H,5-8,11H2. The number of fused-ring (bicyclic) bond motifs is 1. The van der Waals surface area contributed by atoms with Gasteiger partial charge in [0.1, 0.15) is 11.5 Å². The van der Waals surface area contributed by atoms with Crippen molar-refractivity contribution in [2.24, 2.45) is 0 Å². The highest BCUT2D eigenvalue weighted by molar-refractivity contribution is 14.1. The van der Waals surface area contributed by atoms with E-state index in [9.17, 15) is 9.18 Å². The highest BCUT2D eigenvalue weighted by Crippen LogP contribution is 2.18. The summed E-state index contributed by atoms with van der Waals surface area (Å²) in [5.74, 6) is -0.495. The van der Waals surface area contributed by atoms with Gasteiger partial charge in [-0.3, -0.25) is 9.69 Å². The fraction of sp³-hybridized carbons (Fsp3) is 0.263. The van der Waals surface area contributed by atoms with Gasteiger partial charge in [0.15, 0.2) is 0 Å². The van der Waals surface area contributed by atoms with Crippen molar-refractivity contribution in [3.63, 3.8) is 0 Å². The lowest BCUT2D eigenvalue weighted by Crippen LogP contribution is -2.48. The summed E-state index contributed by atoms with van der Waals surface area (Å²) in [6.45, 7) is 3.46. The largest absolute Gasteiger partial charge is 0.336 e. The third-order valence-corrected chi connectivity index (χ3v) is 5.83. The van der Waals surface area contributed by atoms with Crippen LogP contribution in [0.5, 0.6) is 0 Å². The number of hydrogen-bond donors (Lipinski definition) is 0. The molecule has 0 spiro atoms. The second-order valence-corrected chi connectivity index (χ2v) is 8.14. The third-order valence-electron chi connectivity index (χ3n) is 4.67. The Kier molecular flexibility index (Phi) is 5.34. The van der Waals surface area contributed by atoms with Crippen molar-refractivity contribution in [1.29, 1.82) is 0 Å². The average molecular weight is 499 g/mol. The number of aromatic nitrogens is 2. The summed E-state index contributed by atoms with van der Waals surface area (Å²) in [7, 11) is 0. The quantitative estimate of drug-likeness (QED) is 0.517. The van der Waals surface area contributed by atoms with Gasteiger partial charge in [0, 0.05) is 48.7 Å². The number of nitrogens with zero attached hydrogens (tertiary/aromatic N) is 4. The molecule has 0 radical (unpaired) electrons. The van der Waals surface area contributed by atoms with E-state index >= 15 is 0 Å². The molecule has 2 aromatic heterocycles. The van der Waals surface area contributed by atoms with Crippen molar-refractivity contribution in [3.05, 3.63) is 68.4 Å². The van der Waals surface area contributed by atoms with Crippen molar-refractivity contribution in [2.45, 2.75) is 6.54 Å². The number of amides is 1. The molecule has 1 aliphatic heterocycles. The first-order valence-electron chi connectivity index (χ1n) is 8.59. The van der Waals surface area contributed by atoms with Gasteiger partial charge in [-0.2, -0.15) is 0 Å². The van der Waals surface area contributed by atoms with E-state index in [-0.39, 0.29) is 11.7 Å². The minimum atomic E-state index is -0.385. The number of halogens is 3. The number of hydrogen-bond acceptors (Lipinski definition) is 3. The van der Waals surface area contributed by atoms with Gasteiger partial charge in [0.25, 0.3) is 5.91 Å². The van der Waals surface area contributed by atoms with Gasteiger partial charge in [-0.15, -0.1) is 0 Å².